The van der Waals surface area contributed by atoms with Gasteiger partial charge in [0.25, 0.3) is 0 Å². The molecule has 0 amide bonds. The maximum absolute atomic E-state index is 9.92. The smallest absolute Gasteiger partial charge is 0.0804 e. The number of halogens is 1. The van der Waals surface area contributed by atoms with Gasteiger partial charge in [0.15, 0.2) is 0 Å². The summed E-state index contributed by atoms with van der Waals surface area (Å²) in [7, 11) is 0. The number of benzene rings is 1. The minimum absolute atomic E-state index is 0.0312. The molecule has 3 heteroatoms. The first kappa shape index (κ1) is 13.2. The Balaban J connectivity index is 2.98. The number of hydrogen-bond donors (Lipinski definition) is 2. The van der Waals surface area contributed by atoms with Gasteiger partial charge in [0.05, 0.1) is 5.60 Å². The third-order valence-corrected chi connectivity index (χ3v) is 2.63. The van der Waals surface area contributed by atoms with E-state index in [0.717, 1.165) is 11.1 Å². The van der Waals surface area contributed by atoms with Crippen molar-refractivity contribution in [2.75, 3.05) is 6.61 Å². The van der Waals surface area contributed by atoms with E-state index in [1.807, 2.05) is 18.2 Å². The van der Waals surface area contributed by atoms with Crippen LogP contribution in [0.1, 0.15) is 25.8 Å². The maximum atomic E-state index is 9.92. The lowest BCUT2D eigenvalue weighted by Crippen LogP contribution is -2.22. The lowest BCUT2D eigenvalue weighted by molar-refractivity contribution is 0.113. The summed E-state index contributed by atoms with van der Waals surface area (Å²) < 4.78 is 0. The molecule has 1 aromatic carbocycles. The number of aliphatic hydroxyl groups excluding tert-OH is 1. The van der Waals surface area contributed by atoms with E-state index in [4.69, 9.17) is 16.7 Å². The molecule has 1 rings (SSSR count). The highest BCUT2D eigenvalue weighted by Crippen LogP contribution is 2.22. The monoisotopic (exact) mass is 240 g/mol. The van der Waals surface area contributed by atoms with Crippen molar-refractivity contribution in [2.24, 2.45) is 0 Å². The van der Waals surface area contributed by atoms with Crippen molar-refractivity contribution in [1.82, 2.24) is 0 Å². The predicted octanol–water partition coefficient (Wildman–Crippen LogP) is 2.88. The van der Waals surface area contributed by atoms with Crippen molar-refractivity contribution in [3.8, 4) is 0 Å². The molecule has 0 aliphatic heterocycles. The average Bonchev–Trinajstić information content (AvgIpc) is 2.19. The van der Waals surface area contributed by atoms with Gasteiger partial charge >= 0.3 is 0 Å². The topological polar surface area (TPSA) is 40.5 Å². The molecule has 0 aliphatic rings. The fourth-order valence-electron chi connectivity index (χ4n) is 1.44. The van der Waals surface area contributed by atoms with E-state index in [-0.39, 0.29) is 6.61 Å². The zero-order valence-electron chi connectivity index (χ0n) is 9.57. The summed E-state index contributed by atoms with van der Waals surface area (Å²) in [6, 6.07) is 7.36. The Kier molecular flexibility index (Phi) is 4.54. The molecule has 0 saturated carbocycles. The lowest BCUT2D eigenvalue weighted by Gasteiger charge is -2.21. The Morgan fingerprint density at radius 1 is 1.31 bits per heavy atom. The first-order chi connectivity index (χ1) is 7.43. The quantitative estimate of drug-likeness (QED) is 0.850. The molecule has 88 valence electrons. The van der Waals surface area contributed by atoms with Crippen LogP contribution in [-0.4, -0.2) is 22.4 Å². The van der Waals surface area contributed by atoms with Crippen molar-refractivity contribution in [2.45, 2.75) is 25.9 Å². The van der Waals surface area contributed by atoms with Gasteiger partial charge in [0.2, 0.25) is 0 Å². The van der Waals surface area contributed by atoms with E-state index in [2.05, 4.69) is 0 Å². The van der Waals surface area contributed by atoms with Crippen molar-refractivity contribution in [3.05, 3.63) is 40.4 Å². The number of hydrogen-bond acceptors (Lipinski definition) is 2. The van der Waals surface area contributed by atoms with Gasteiger partial charge in [-0.1, -0.05) is 29.8 Å². The molecule has 0 aliphatic carbocycles. The van der Waals surface area contributed by atoms with Gasteiger partial charge in [-0.05, 0) is 43.5 Å². The molecule has 0 atom stereocenters. The van der Waals surface area contributed by atoms with Crippen LogP contribution < -0.4 is 0 Å². The fraction of sp³-hybridized carbons (Fsp3) is 0.385. The number of rotatable bonds is 4. The van der Waals surface area contributed by atoms with E-state index in [1.165, 1.54) is 0 Å². The Hall–Kier alpha value is -0.830. The Morgan fingerprint density at radius 2 is 1.88 bits per heavy atom. The normalized spacial score (nSPS) is 12.9. The third kappa shape index (κ3) is 3.97. The molecule has 0 radical (unpaired) electrons. The fourth-order valence-corrected chi connectivity index (χ4v) is 1.56. The summed E-state index contributed by atoms with van der Waals surface area (Å²) in [6.45, 7) is 3.46. The first-order valence-corrected chi connectivity index (χ1v) is 5.61. The van der Waals surface area contributed by atoms with E-state index < -0.39 is 5.60 Å². The van der Waals surface area contributed by atoms with E-state index in [1.54, 1.807) is 26.0 Å². The summed E-state index contributed by atoms with van der Waals surface area (Å²) in [4.78, 5) is 0. The summed E-state index contributed by atoms with van der Waals surface area (Å²) in [6.07, 6.45) is 2.35. The van der Waals surface area contributed by atoms with Crippen molar-refractivity contribution >= 4 is 17.7 Å². The molecule has 1 aromatic rings. The van der Waals surface area contributed by atoms with Crippen LogP contribution in [0.2, 0.25) is 5.02 Å². The minimum atomic E-state index is -0.914. The lowest BCUT2D eigenvalue weighted by atomic mass is 9.93. The SMILES string of the molecule is CC(C)(O)/C(=C/c1ccc(Cl)cc1)CCO. The van der Waals surface area contributed by atoms with Gasteiger partial charge < -0.3 is 10.2 Å². The average molecular weight is 241 g/mol. The molecule has 16 heavy (non-hydrogen) atoms. The Labute approximate surface area is 101 Å². The van der Waals surface area contributed by atoms with Crippen LogP contribution >= 0.6 is 11.6 Å². The van der Waals surface area contributed by atoms with Crippen LogP contribution in [-0.2, 0) is 0 Å². The highest BCUT2D eigenvalue weighted by Gasteiger charge is 2.18. The molecular formula is C13H17ClO2. The maximum Gasteiger partial charge on any atom is 0.0804 e. The Morgan fingerprint density at radius 3 is 2.31 bits per heavy atom. The summed E-state index contributed by atoms with van der Waals surface area (Å²) in [5.41, 5.74) is 0.856. The molecular weight excluding hydrogens is 224 g/mol. The van der Waals surface area contributed by atoms with Crippen molar-refractivity contribution in [1.29, 1.82) is 0 Å². The molecule has 2 N–H and O–H groups in total. The van der Waals surface area contributed by atoms with Crippen molar-refractivity contribution in [3.63, 3.8) is 0 Å². The second kappa shape index (κ2) is 5.48. The molecule has 0 unspecified atom stereocenters. The molecule has 0 heterocycles. The largest absolute Gasteiger partial charge is 0.396 e. The van der Waals surface area contributed by atoms with Gasteiger partial charge in [-0.2, -0.15) is 0 Å². The summed E-state index contributed by atoms with van der Waals surface area (Å²) >= 11 is 5.79. The third-order valence-electron chi connectivity index (χ3n) is 2.38. The van der Waals surface area contributed by atoms with Crippen LogP contribution in [0, 0.1) is 0 Å². The molecule has 0 aromatic heterocycles. The van der Waals surface area contributed by atoms with Crippen LogP contribution in [0.3, 0.4) is 0 Å². The van der Waals surface area contributed by atoms with Crippen LogP contribution in [0.4, 0.5) is 0 Å². The van der Waals surface area contributed by atoms with E-state index in [9.17, 15) is 5.11 Å². The van der Waals surface area contributed by atoms with Gasteiger partial charge in [0, 0.05) is 11.6 Å². The van der Waals surface area contributed by atoms with E-state index in [0.29, 0.717) is 11.4 Å². The predicted molar refractivity (Wildman–Crippen MR) is 67.4 cm³/mol. The standard InChI is InChI=1S/C13H17ClO2/c1-13(2,16)11(7-8-15)9-10-3-5-12(14)6-4-10/h3-6,9,15-16H,7-8H2,1-2H3/b11-9+. The highest BCUT2D eigenvalue weighted by atomic mass is 35.5. The summed E-state index contributed by atoms with van der Waals surface area (Å²) in [5, 5.41) is 19.6. The zero-order valence-corrected chi connectivity index (χ0v) is 10.3. The second-order valence-electron chi connectivity index (χ2n) is 4.25. The highest BCUT2D eigenvalue weighted by molar-refractivity contribution is 6.30. The molecule has 0 saturated heterocycles. The van der Waals surface area contributed by atoms with Crippen LogP contribution in [0.15, 0.2) is 29.8 Å². The molecule has 0 fully saturated rings. The van der Waals surface area contributed by atoms with Crippen LogP contribution in [0.25, 0.3) is 6.08 Å². The van der Waals surface area contributed by atoms with Crippen molar-refractivity contribution < 1.29 is 10.2 Å². The number of aliphatic hydroxyl groups is 2. The minimum Gasteiger partial charge on any atom is -0.396 e. The van der Waals surface area contributed by atoms with Gasteiger partial charge in [-0.25, -0.2) is 0 Å². The van der Waals surface area contributed by atoms with Crippen LogP contribution in [0.5, 0.6) is 0 Å². The van der Waals surface area contributed by atoms with Gasteiger partial charge in [-0.15, -0.1) is 0 Å². The summed E-state index contributed by atoms with van der Waals surface area (Å²) in [5.74, 6) is 0. The molecule has 2 nitrogen and oxygen atoms in total. The molecule has 0 spiro atoms. The first-order valence-electron chi connectivity index (χ1n) is 5.23. The zero-order chi connectivity index (χ0) is 12.2. The second-order valence-corrected chi connectivity index (χ2v) is 4.69. The Bertz CT molecular complexity index is 361. The van der Waals surface area contributed by atoms with Gasteiger partial charge in [-0.3, -0.25) is 0 Å². The van der Waals surface area contributed by atoms with E-state index >= 15 is 0 Å². The molecule has 0 bridgehead atoms. The van der Waals surface area contributed by atoms with Gasteiger partial charge in [0.1, 0.15) is 0 Å².